The highest BCUT2D eigenvalue weighted by atomic mass is 35.5. The molecule has 130 valence electrons. The van der Waals surface area contributed by atoms with E-state index in [0.29, 0.717) is 5.92 Å². The molecular weight excluding hydrogens is 308 g/mol. The molecule has 2 rings (SSSR count). The summed E-state index contributed by atoms with van der Waals surface area (Å²) in [6, 6.07) is 8.16. The Kier molecular flexibility index (Phi) is 6.49. The summed E-state index contributed by atoms with van der Waals surface area (Å²) in [5.41, 5.74) is 1.23. The second-order valence-electron chi connectivity index (χ2n) is 8.03. The minimum Gasteiger partial charge on any atom is -0.378 e. The Balaban J connectivity index is 1.76. The lowest BCUT2D eigenvalue weighted by molar-refractivity contribution is -0.0661. The van der Waals surface area contributed by atoms with E-state index in [0.717, 1.165) is 31.2 Å². The monoisotopic (exact) mass is 338 g/mol. The van der Waals surface area contributed by atoms with E-state index >= 15 is 0 Å². The van der Waals surface area contributed by atoms with Crippen molar-refractivity contribution in [3.8, 4) is 0 Å². The van der Waals surface area contributed by atoms with Gasteiger partial charge in [0.1, 0.15) is 6.23 Å². The van der Waals surface area contributed by atoms with Gasteiger partial charge in [-0.15, -0.1) is 0 Å². The highest BCUT2D eigenvalue weighted by Gasteiger charge is 2.28. The van der Waals surface area contributed by atoms with Crippen LogP contribution >= 0.6 is 11.6 Å². The first kappa shape index (κ1) is 18.7. The number of hydrogen-bond acceptors (Lipinski definition) is 3. The number of benzene rings is 1. The molecule has 1 aromatic carbocycles. The molecule has 0 amide bonds. The minimum atomic E-state index is -0.380. The zero-order chi connectivity index (χ0) is 17.0. The van der Waals surface area contributed by atoms with Crippen LogP contribution in [-0.4, -0.2) is 47.8 Å². The molecule has 0 spiro atoms. The summed E-state index contributed by atoms with van der Waals surface area (Å²) in [6.07, 6.45) is 2.03. The van der Waals surface area contributed by atoms with Crippen molar-refractivity contribution in [2.45, 2.75) is 46.4 Å². The molecule has 3 nitrogen and oxygen atoms in total. The van der Waals surface area contributed by atoms with Crippen LogP contribution in [0.25, 0.3) is 0 Å². The summed E-state index contributed by atoms with van der Waals surface area (Å²) < 4.78 is 0. The average Bonchev–Trinajstić information content (AvgIpc) is 2.50. The summed E-state index contributed by atoms with van der Waals surface area (Å²) in [5, 5.41) is 11.2. The van der Waals surface area contributed by atoms with Gasteiger partial charge in [-0.25, -0.2) is 0 Å². The van der Waals surface area contributed by atoms with Gasteiger partial charge in [0.2, 0.25) is 0 Å². The molecule has 0 bridgehead atoms. The second kappa shape index (κ2) is 7.98. The summed E-state index contributed by atoms with van der Waals surface area (Å²) in [5.74, 6) is 0.679. The fraction of sp³-hybridized carbons (Fsp3) is 0.684. The van der Waals surface area contributed by atoms with Gasteiger partial charge in [-0.1, -0.05) is 44.5 Å². The van der Waals surface area contributed by atoms with Crippen LogP contribution in [0, 0.1) is 11.3 Å². The van der Waals surface area contributed by atoms with Gasteiger partial charge in [-0.2, -0.15) is 0 Å². The van der Waals surface area contributed by atoms with Gasteiger partial charge in [-0.05, 0) is 56.6 Å². The first-order valence-corrected chi connectivity index (χ1v) is 8.98. The van der Waals surface area contributed by atoms with E-state index in [-0.39, 0.29) is 11.6 Å². The summed E-state index contributed by atoms with van der Waals surface area (Å²) >= 11 is 5.94. The highest BCUT2D eigenvalue weighted by molar-refractivity contribution is 6.30. The van der Waals surface area contributed by atoms with Crippen molar-refractivity contribution in [3.63, 3.8) is 0 Å². The predicted octanol–water partition coefficient (Wildman–Crippen LogP) is 3.85. The third-order valence-electron chi connectivity index (χ3n) is 4.76. The lowest BCUT2D eigenvalue weighted by Crippen LogP contribution is -2.45. The maximum Gasteiger partial charge on any atom is 0.112 e. The molecule has 1 heterocycles. The van der Waals surface area contributed by atoms with Crippen LogP contribution in [0.15, 0.2) is 24.3 Å². The van der Waals surface area contributed by atoms with Crippen LogP contribution in [0.2, 0.25) is 5.02 Å². The van der Waals surface area contributed by atoms with Crippen molar-refractivity contribution in [1.29, 1.82) is 0 Å². The largest absolute Gasteiger partial charge is 0.378 e. The number of rotatable bonds is 5. The fourth-order valence-electron chi connectivity index (χ4n) is 3.34. The summed E-state index contributed by atoms with van der Waals surface area (Å²) in [4.78, 5) is 4.62. The van der Waals surface area contributed by atoms with Crippen molar-refractivity contribution in [2.24, 2.45) is 11.3 Å². The molecule has 1 atom stereocenters. The Morgan fingerprint density at radius 2 is 1.78 bits per heavy atom. The molecule has 1 N–H and O–H groups in total. The smallest absolute Gasteiger partial charge is 0.112 e. The van der Waals surface area contributed by atoms with Crippen LogP contribution in [0.4, 0.5) is 0 Å². The van der Waals surface area contributed by atoms with Gasteiger partial charge < -0.3 is 5.11 Å². The van der Waals surface area contributed by atoms with Crippen molar-refractivity contribution < 1.29 is 5.11 Å². The van der Waals surface area contributed by atoms with Gasteiger partial charge in [0.15, 0.2) is 0 Å². The molecule has 23 heavy (non-hydrogen) atoms. The Hall–Kier alpha value is -0.610. The van der Waals surface area contributed by atoms with E-state index in [1.807, 2.05) is 19.2 Å². The van der Waals surface area contributed by atoms with Crippen molar-refractivity contribution in [2.75, 3.05) is 26.7 Å². The third-order valence-corrected chi connectivity index (χ3v) is 5.02. The number of hydrogen-bond donors (Lipinski definition) is 1. The van der Waals surface area contributed by atoms with E-state index in [4.69, 9.17) is 11.6 Å². The quantitative estimate of drug-likeness (QED) is 0.826. The highest BCUT2D eigenvalue weighted by Crippen LogP contribution is 2.25. The molecular formula is C19H31ClN2O. The molecule has 4 heteroatoms. The molecule has 1 unspecified atom stereocenters. The standard InChI is InChI=1S/C19H31ClN2O/c1-19(2,3)18(23)21(4)13-16-9-11-22(12-10-16)14-15-5-7-17(20)8-6-15/h5-8,16,18,23H,9-14H2,1-4H3. The summed E-state index contributed by atoms with van der Waals surface area (Å²) in [7, 11) is 2.04. The number of nitrogens with zero attached hydrogens (tertiary/aromatic N) is 2. The molecule has 0 aromatic heterocycles. The third kappa shape index (κ3) is 5.75. The number of halogens is 1. The van der Waals surface area contributed by atoms with Crippen LogP contribution in [0.3, 0.4) is 0 Å². The summed E-state index contributed by atoms with van der Waals surface area (Å²) in [6.45, 7) is 10.5. The van der Waals surface area contributed by atoms with Gasteiger partial charge in [-0.3, -0.25) is 9.80 Å². The Morgan fingerprint density at radius 3 is 2.30 bits per heavy atom. The Morgan fingerprint density at radius 1 is 1.22 bits per heavy atom. The molecule has 0 aliphatic carbocycles. The van der Waals surface area contributed by atoms with Crippen LogP contribution < -0.4 is 0 Å². The van der Waals surface area contributed by atoms with E-state index < -0.39 is 0 Å². The molecule has 1 saturated heterocycles. The van der Waals surface area contributed by atoms with Crippen molar-refractivity contribution >= 4 is 11.6 Å². The normalized spacial score (nSPS) is 19.3. The Bertz CT molecular complexity index is 475. The van der Waals surface area contributed by atoms with E-state index in [1.165, 1.54) is 18.4 Å². The zero-order valence-corrected chi connectivity index (χ0v) is 15.7. The zero-order valence-electron chi connectivity index (χ0n) is 14.9. The molecule has 1 aliphatic rings. The van der Waals surface area contributed by atoms with E-state index in [9.17, 15) is 5.11 Å². The maximum atomic E-state index is 10.4. The average molecular weight is 339 g/mol. The second-order valence-corrected chi connectivity index (χ2v) is 8.46. The topological polar surface area (TPSA) is 26.7 Å². The first-order chi connectivity index (χ1) is 10.8. The molecule has 1 aromatic rings. The molecule has 0 radical (unpaired) electrons. The molecule has 1 aliphatic heterocycles. The maximum absolute atomic E-state index is 10.4. The minimum absolute atomic E-state index is 0.0932. The van der Waals surface area contributed by atoms with E-state index in [1.54, 1.807) is 0 Å². The van der Waals surface area contributed by atoms with Crippen molar-refractivity contribution in [1.82, 2.24) is 9.80 Å². The first-order valence-electron chi connectivity index (χ1n) is 8.61. The van der Waals surface area contributed by atoms with Crippen LogP contribution in [0.5, 0.6) is 0 Å². The Labute approximate surface area is 146 Å². The lowest BCUT2D eigenvalue weighted by atomic mass is 9.91. The molecule has 0 saturated carbocycles. The van der Waals surface area contributed by atoms with Gasteiger partial charge in [0, 0.05) is 23.5 Å². The van der Waals surface area contributed by atoms with Gasteiger partial charge >= 0.3 is 0 Å². The fourth-order valence-corrected chi connectivity index (χ4v) is 3.47. The number of aliphatic hydroxyl groups is 1. The number of piperidine rings is 1. The van der Waals surface area contributed by atoms with Crippen LogP contribution in [0.1, 0.15) is 39.2 Å². The van der Waals surface area contributed by atoms with Crippen molar-refractivity contribution in [3.05, 3.63) is 34.9 Å². The molecule has 1 fully saturated rings. The van der Waals surface area contributed by atoms with Gasteiger partial charge in [0.05, 0.1) is 0 Å². The lowest BCUT2D eigenvalue weighted by Gasteiger charge is -2.38. The number of likely N-dealkylation sites (tertiary alicyclic amines) is 1. The predicted molar refractivity (Wildman–Crippen MR) is 97.5 cm³/mol. The van der Waals surface area contributed by atoms with Gasteiger partial charge in [0.25, 0.3) is 0 Å². The SMILES string of the molecule is CN(CC1CCN(Cc2ccc(Cl)cc2)CC1)C(O)C(C)(C)C. The van der Waals surface area contributed by atoms with Crippen LogP contribution in [-0.2, 0) is 6.54 Å². The van der Waals surface area contributed by atoms with E-state index in [2.05, 4.69) is 42.7 Å². The number of aliphatic hydroxyl groups excluding tert-OH is 1.